The van der Waals surface area contributed by atoms with Gasteiger partial charge >= 0.3 is 0 Å². The zero-order valence-electron chi connectivity index (χ0n) is 11.9. The summed E-state index contributed by atoms with van der Waals surface area (Å²) < 4.78 is 13.4. The van der Waals surface area contributed by atoms with Crippen LogP contribution in [-0.2, 0) is 0 Å². The summed E-state index contributed by atoms with van der Waals surface area (Å²) >= 11 is 0. The molecule has 4 aliphatic heterocycles. The van der Waals surface area contributed by atoms with E-state index in [1.807, 2.05) is 0 Å². The molecule has 21 heavy (non-hydrogen) atoms. The van der Waals surface area contributed by atoms with Crippen molar-refractivity contribution >= 4 is 5.78 Å². The quantitative estimate of drug-likeness (QED) is 0.738. The van der Waals surface area contributed by atoms with Gasteiger partial charge in [-0.3, -0.25) is 24.4 Å². The molecule has 4 aliphatic rings. The summed E-state index contributed by atoms with van der Waals surface area (Å²) in [5.74, 6) is -0.314. The maximum Gasteiger partial charge on any atom is 0.181 e. The van der Waals surface area contributed by atoms with Crippen LogP contribution in [0.15, 0.2) is 24.3 Å². The zero-order chi connectivity index (χ0) is 14.4. The fourth-order valence-electron chi connectivity index (χ4n) is 3.58. The Morgan fingerprint density at radius 1 is 1.05 bits per heavy atom. The smallest absolute Gasteiger partial charge is 0.181 e. The molecule has 4 saturated heterocycles. The summed E-state index contributed by atoms with van der Waals surface area (Å²) in [5.41, 5.74) is 0.478. The van der Waals surface area contributed by atoms with Crippen LogP contribution in [0, 0.1) is 5.82 Å². The van der Waals surface area contributed by atoms with Crippen molar-refractivity contribution in [3.63, 3.8) is 0 Å². The maximum absolute atomic E-state index is 13.4. The minimum atomic E-state index is -0.347. The fraction of sp³-hybridized carbons (Fsp3) is 0.533. The number of carbonyl (C=O) groups is 1. The number of hydrogen-bond donors (Lipinski definition) is 0. The number of fused-ring (bicyclic) bond motifs is 2. The highest BCUT2D eigenvalue weighted by Crippen LogP contribution is 2.22. The molecule has 0 saturated carbocycles. The van der Waals surface area contributed by atoms with Gasteiger partial charge in [-0.25, -0.2) is 4.39 Å². The van der Waals surface area contributed by atoms with Gasteiger partial charge < -0.3 is 0 Å². The lowest BCUT2D eigenvalue weighted by molar-refractivity contribution is 0.0585. The van der Waals surface area contributed by atoms with Gasteiger partial charge in [0.05, 0.1) is 32.7 Å². The standard InChI is InChI=1S/C15H19FN4O/c16-13-3-1-2-12(6-13)15(21)14-7-19-8-17-4-5-18(9-19)11-20(14)10-17/h1-3,6,14H,4-5,7-11H2. The Kier molecular flexibility index (Phi) is 3.26. The Hall–Kier alpha value is -1.34. The Balaban J connectivity index is 1.64. The van der Waals surface area contributed by atoms with Crippen molar-refractivity contribution in [1.82, 2.24) is 19.6 Å². The third kappa shape index (κ3) is 2.48. The van der Waals surface area contributed by atoms with Gasteiger partial charge in [0.2, 0.25) is 0 Å². The number of Topliss-reactive ketones (excluding diaryl/α,β-unsaturated/α-hetero) is 1. The lowest BCUT2D eigenvalue weighted by Gasteiger charge is -2.30. The first-order chi connectivity index (χ1) is 10.2. The molecule has 112 valence electrons. The van der Waals surface area contributed by atoms with E-state index in [4.69, 9.17) is 0 Å². The van der Waals surface area contributed by atoms with Crippen molar-refractivity contribution in [2.24, 2.45) is 0 Å². The van der Waals surface area contributed by atoms with E-state index in [0.717, 1.165) is 46.3 Å². The predicted molar refractivity (Wildman–Crippen MR) is 75.9 cm³/mol. The first-order valence-electron chi connectivity index (χ1n) is 7.40. The normalized spacial score (nSPS) is 38.0. The van der Waals surface area contributed by atoms with Crippen LogP contribution in [-0.4, -0.2) is 77.7 Å². The molecule has 0 amide bonds. The molecular formula is C15H19FN4O. The summed E-state index contributed by atoms with van der Waals surface area (Å²) in [6.45, 7) is 6.29. The van der Waals surface area contributed by atoms with Crippen LogP contribution in [0.25, 0.3) is 0 Å². The number of halogens is 1. The number of ketones is 1. The van der Waals surface area contributed by atoms with E-state index < -0.39 is 0 Å². The van der Waals surface area contributed by atoms with Crippen molar-refractivity contribution in [2.45, 2.75) is 6.04 Å². The van der Waals surface area contributed by atoms with Gasteiger partial charge in [-0.15, -0.1) is 0 Å². The van der Waals surface area contributed by atoms with Crippen LogP contribution in [0.3, 0.4) is 0 Å². The van der Waals surface area contributed by atoms with Crippen LogP contribution < -0.4 is 0 Å². The Morgan fingerprint density at radius 3 is 2.43 bits per heavy atom. The van der Waals surface area contributed by atoms with Gasteiger partial charge in [0.15, 0.2) is 5.78 Å². The van der Waals surface area contributed by atoms with Crippen molar-refractivity contribution in [1.29, 1.82) is 0 Å². The first-order valence-corrected chi connectivity index (χ1v) is 7.40. The Labute approximate surface area is 123 Å². The molecule has 0 aromatic heterocycles. The minimum absolute atomic E-state index is 0.0325. The number of hydrogen-bond acceptors (Lipinski definition) is 5. The molecule has 5 nitrogen and oxygen atoms in total. The van der Waals surface area contributed by atoms with Crippen LogP contribution in [0.1, 0.15) is 10.4 Å². The van der Waals surface area contributed by atoms with Gasteiger partial charge in [0, 0.05) is 25.2 Å². The van der Waals surface area contributed by atoms with Crippen LogP contribution >= 0.6 is 0 Å². The summed E-state index contributed by atoms with van der Waals surface area (Å²) in [6.07, 6.45) is 0. The monoisotopic (exact) mass is 290 g/mol. The van der Waals surface area contributed by atoms with Gasteiger partial charge in [-0.05, 0) is 12.1 Å². The van der Waals surface area contributed by atoms with Gasteiger partial charge in [-0.2, -0.15) is 0 Å². The second kappa shape index (κ2) is 5.14. The molecule has 3 unspecified atom stereocenters. The second-order valence-electron chi connectivity index (χ2n) is 6.19. The predicted octanol–water partition coefficient (Wildman–Crippen LogP) is 0.456. The van der Waals surface area contributed by atoms with Crippen LogP contribution in [0.4, 0.5) is 4.39 Å². The van der Waals surface area contributed by atoms with E-state index >= 15 is 0 Å². The molecule has 4 fully saturated rings. The van der Waals surface area contributed by atoms with Gasteiger partial charge in [0.25, 0.3) is 0 Å². The molecule has 0 spiro atoms. The Morgan fingerprint density at radius 2 is 1.76 bits per heavy atom. The minimum Gasteiger partial charge on any atom is -0.292 e. The molecule has 4 heterocycles. The molecule has 1 aromatic carbocycles. The van der Waals surface area contributed by atoms with E-state index in [9.17, 15) is 9.18 Å². The summed E-state index contributed by atoms with van der Waals surface area (Å²) in [6, 6.07) is 5.87. The van der Waals surface area contributed by atoms with Crippen LogP contribution in [0.2, 0.25) is 0 Å². The molecule has 0 radical (unpaired) electrons. The molecular weight excluding hydrogens is 271 g/mol. The van der Waals surface area contributed by atoms with Crippen LogP contribution in [0.5, 0.6) is 0 Å². The average molecular weight is 290 g/mol. The molecule has 3 atom stereocenters. The highest BCUT2D eigenvalue weighted by molar-refractivity contribution is 6.00. The van der Waals surface area contributed by atoms with Crippen molar-refractivity contribution in [2.75, 3.05) is 46.3 Å². The number of nitrogens with zero attached hydrogens (tertiary/aromatic N) is 4. The van der Waals surface area contributed by atoms with Crippen molar-refractivity contribution in [3.8, 4) is 0 Å². The van der Waals surface area contributed by atoms with E-state index in [2.05, 4.69) is 19.6 Å². The van der Waals surface area contributed by atoms with Gasteiger partial charge in [-0.1, -0.05) is 12.1 Å². The second-order valence-corrected chi connectivity index (χ2v) is 6.19. The number of benzene rings is 1. The van der Waals surface area contributed by atoms with Crippen molar-refractivity contribution in [3.05, 3.63) is 35.6 Å². The molecule has 1 aromatic rings. The molecule has 6 heteroatoms. The number of carbonyl (C=O) groups excluding carboxylic acids is 1. The zero-order valence-corrected chi connectivity index (χ0v) is 11.9. The van der Waals surface area contributed by atoms with E-state index in [1.165, 1.54) is 12.1 Å². The fourth-order valence-corrected chi connectivity index (χ4v) is 3.58. The summed E-state index contributed by atoms with van der Waals surface area (Å²) in [4.78, 5) is 22.1. The molecule has 5 rings (SSSR count). The lowest BCUT2D eigenvalue weighted by atomic mass is 10.0. The van der Waals surface area contributed by atoms with E-state index in [1.54, 1.807) is 12.1 Å². The SMILES string of the molecule is O=C(c1cccc(F)c1)C1CN2CN3CCN(C2)CN1C3. The average Bonchev–Trinajstić information content (AvgIpc) is 2.90. The third-order valence-electron chi connectivity index (χ3n) is 4.58. The highest BCUT2D eigenvalue weighted by Gasteiger charge is 2.39. The van der Waals surface area contributed by atoms with Crippen molar-refractivity contribution < 1.29 is 9.18 Å². The third-order valence-corrected chi connectivity index (χ3v) is 4.58. The van der Waals surface area contributed by atoms with E-state index in [-0.39, 0.29) is 17.6 Å². The Bertz CT molecular complexity index is 550. The molecule has 0 N–H and O–H groups in total. The molecule has 0 aliphatic carbocycles. The summed E-state index contributed by atoms with van der Waals surface area (Å²) in [7, 11) is 0. The topological polar surface area (TPSA) is 30.0 Å². The summed E-state index contributed by atoms with van der Waals surface area (Å²) in [5, 5.41) is 0. The maximum atomic E-state index is 13.4. The number of rotatable bonds is 2. The first kappa shape index (κ1) is 13.3. The largest absolute Gasteiger partial charge is 0.292 e. The molecule has 4 bridgehead atoms. The lowest BCUT2D eigenvalue weighted by Crippen LogP contribution is -2.47. The highest BCUT2D eigenvalue weighted by atomic mass is 19.1. The van der Waals surface area contributed by atoms with E-state index in [0.29, 0.717) is 5.56 Å². The van der Waals surface area contributed by atoms with Gasteiger partial charge in [0.1, 0.15) is 5.82 Å².